The molecule has 1 heterocycles. The van der Waals surface area contributed by atoms with Gasteiger partial charge in [0.25, 0.3) is 0 Å². The fraction of sp³-hybridized carbons (Fsp3) is 0. The summed E-state index contributed by atoms with van der Waals surface area (Å²) in [4.78, 5) is 10.4. The van der Waals surface area contributed by atoms with Crippen molar-refractivity contribution in [3.8, 4) is 17.0 Å². The summed E-state index contributed by atoms with van der Waals surface area (Å²) in [5, 5.41) is 27.4. The van der Waals surface area contributed by atoms with Crippen LogP contribution in [0.3, 0.4) is 0 Å². The van der Waals surface area contributed by atoms with Crippen molar-refractivity contribution in [2.75, 3.05) is 0 Å². The fourth-order valence-corrected chi connectivity index (χ4v) is 2.85. The highest BCUT2D eigenvalue weighted by atomic mass is 127. The SMILES string of the molecule is N#Cc1cc(I)c(Oc2nnc(Br)s2)c([N+](=O)[O-])c1. The Morgan fingerprint density at radius 3 is 2.79 bits per heavy atom. The summed E-state index contributed by atoms with van der Waals surface area (Å²) in [6.45, 7) is 0. The summed E-state index contributed by atoms with van der Waals surface area (Å²) in [6, 6.07) is 4.52. The molecule has 0 fully saturated rings. The monoisotopic (exact) mass is 452 g/mol. The molecule has 7 nitrogen and oxygen atoms in total. The first-order valence-corrected chi connectivity index (χ1v) is 7.25. The standard InChI is InChI=1S/C9H2BrIN4O3S/c10-8-13-14-9(19-8)18-7-5(11)1-4(3-12)2-6(7)15(16)17/h1-2H. The third kappa shape index (κ3) is 3.17. The molecule has 0 saturated heterocycles. The molecule has 19 heavy (non-hydrogen) atoms. The summed E-state index contributed by atoms with van der Waals surface area (Å²) in [5.41, 5.74) is -0.0864. The van der Waals surface area contributed by atoms with Crippen LogP contribution >= 0.6 is 49.9 Å². The van der Waals surface area contributed by atoms with E-state index in [0.717, 1.165) is 17.4 Å². The van der Waals surface area contributed by atoms with Crippen molar-refractivity contribution < 1.29 is 9.66 Å². The number of nitro benzene ring substituents is 1. The Morgan fingerprint density at radius 1 is 1.53 bits per heavy atom. The number of halogens is 2. The summed E-state index contributed by atoms with van der Waals surface area (Å²) < 4.78 is 6.34. The van der Waals surface area contributed by atoms with Crippen LogP contribution < -0.4 is 4.74 Å². The summed E-state index contributed by atoms with van der Waals surface area (Å²) >= 11 is 6.09. The minimum atomic E-state index is -0.603. The summed E-state index contributed by atoms with van der Waals surface area (Å²) in [5.74, 6) is 0.0493. The molecule has 0 radical (unpaired) electrons. The van der Waals surface area contributed by atoms with E-state index in [-0.39, 0.29) is 22.2 Å². The van der Waals surface area contributed by atoms with E-state index >= 15 is 0 Å². The fourth-order valence-electron chi connectivity index (χ4n) is 1.20. The van der Waals surface area contributed by atoms with Crippen molar-refractivity contribution in [3.05, 3.63) is 35.3 Å². The van der Waals surface area contributed by atoms with Crippen molar-refractivity contribution in [2.45, 2.75) is 0 Å². The van der Waals surface area contributed by atoms with Gasteiger partial charge in [-0.25, -0.2) is 0 Å². The van der Waals surface area contributed by atoms with E-state index in [4.69, 9.17) is 10.00 Å². The molecular weight excluding hydrogens is 451 g/mol. The molecule has 0 aliphatic rings. The van der Waals surface area contributed by atoms with Gasteiger partial charge in [-0.05, 0) is 55.9 Å². The third-order valence-corrected chi connectivity index (χ3v) is 3.96. The minimum Gasteiger partial charge on any atom is -0.421 e. The molecule has 2 aromatic rings. The van der Waals surface area contributed by atoms with Crippen molar-refractivity contribution >= 4 is 55.5 Å². The van der Waals surface area contributed by atoms with Gasteiger partial charge < -0.3 is 4.74 Å². The number of rotatable bonds is 3. The van der Waals surface area contributed by atoms with Gasteiger partial charge >= 0.3 is 10.9 Å². The van der Waals surface area contributed by atoms with Crippen LogP contribution in [0.1, 0.15) is 5.56 Å². The number of hydrogen-bond acceptors (Lipinski definition) is 7. The highest BCUT2D eigenvalue weighted by Gasteiger charge is 2.22. The van der Waals surface area contributed by atoms with Gasteiger partial charge in [0.1, 0.15) is 0 Å². The van der Waals surface area contributed by atoms with Crippen LogP contribution in [0.5, 0.6) is 10.9 Å². The quantitative estimate of drug-likeness (QED) is 0.401. The molecular formula is C9H2BrIN4O3S. The summed E-state index contributed by atoms with van der Waals surface area (Å²) in [6.07, 6.45) is 0. The average molecular weight is 453 g/mol. The Hall–Kier alpha value is -1.32. The molecule has 2 rings (SSSR count). The first-order chi connectivity index (χ1) is 9.01. The number of nitriles is 1. The smallest absolute Gasteiger partial charge is 0.314 e. The van der Waals surface area contributed by atoms with Gasteiger partial charge in [-0.15, -0.1) is 5.10 Å². The van der Waals surface area contributed by atoms with E-state index in [2.05, 4.69) is 26.1 Å². The lowest BCUT2D eigenvalue weighted by Gasteiger charge is -2.05. The van der Waals surface area contributed by atoms with Crippen LogP contribution in [0.15, 0.2) is 16.0 Å². The van der Waals surface area contributed by atoms with Gasteiger partial charge in [0.2, 0.25) is 5.75 Å². The zero-order chi connectivity index (χ0) is 14.0. The zero-order valence-electron chi connectivity index (χ0n) is 8.83. The number of benzene rings is 1. The van der Waals surface area contributed by atoms with Crippen LogP contribution in [-0.4, -0.2) is 15.1 Å². The molecule has 0 N–H and O–H groups in total. The Labute approximate surface area is 132 Å². The van der Waals surface area contributed by atoms with Gasteiger partial charge in [-0.1, -0.05) is 5.10 Å². The lowest BCUT2D eigenvalue weighted by atomic mass is 10.2. The Balaban J connectivity index is 2.50. The Morgan fingerprint density at radius 2 is 2.26 bits per heavy atom. The van der Waals surface area contributed by atoms with Crippen LogP contribution in [0.2, 0.25) is 0 Å². The second-order valence-corrected chi connectivity index (χ2v) is 6.48. The van der Waals surface area contributed by atoms with E-state index in [1.807, 2.05) is 28.7 Å². The summed E-state index contributed by atoms with van der Waals surface area (Å²) in [7, 11) is 0. The molecule has 0 amide bonds. The molecule has 10 heteroatoms. The molecule has 1 aromatic heterocycles. The predicted molar refractivity (Wildman–Crippen MR) is 78.2 cm³/mol. The molecule has 0 saturated carbocycles. The third-order valence-electron chi connectivity index (χ3n) is 1.92. The number of nitrogens with zero attached hydrogens (tertiary/aromatic N) is 4. The van der Waals surface area contributed by atoms with E-state index < -0.39 is 4.92 Å². The van der Waals surface area contributed by atoms with Gasteiger partial charge in [0, 0.05) is 6.07 Å². The van der Waals surface area contributed by atoms with Gasteiger partial charge in [-0.2, -0.15) is 5.26 Å². The number of hydrogen-bond donors (Lipinski definition) is 0. The molecule has 96 valence electrons. The second-order valence-electron chi connectivity index (χ2n) is 3.10. The van der Waals surface area contributed by atoms with Crippen molar-refractivity contribution in [3.63, 3.8) is 0 Å². The van der Waals surface area contributed by atoms with E-state index in [1.54, 1.807) is 0 Å². The van der Waals surface area contributed by atoms with Gasteiger partial charge in [0.15, 0.2) is 3.92 Å². The van der Waals surface area contributed by atoms with E-state index in [0.29, 0.717) is 7.49 Å². The van der Waals surface area contributed by atoms with Crippen molar-refractivity contribution in [2.24, 2.45) is 0 Å². The predicted octanol–water partition coefficient (Wildman–Crippen LogP) is 3.48. The maximum atomic E-state index is 11.0. The first kappa shape index (κ1) is 14.1. The molecule has 0 aliphatic carbocycles. The lowest BCUT2D eigenvalue weighted by Crippen LogP contribution is -1.97. The van der Waals surface area contributed by atoms with Crippen molar-refractivity contribution in [1.82, 2.24) is 10.2 Å². The van der Waals surface area contributed by atoms with E-state index in [9.17, 15) is 10.1 Å². The highest BCUT2D eigenvalue weighted by Crippen LogP contribution is 2.38. The molecule has 0 spiro atoms. The molecule has 0 bridgehead atoms. The van der Waals surface area contributed by atoms with Crippen LogP contribution in [0.25, 0.3) is 0 Å². The Kier molecular flexibility index (Phi) is 4.27. The van der Waals surface area contributed by atoms with Crippen LogP contribution in [0, 0.1) is 25.0 Å². The van der Waals surface area contributed by atoms with Gasteiger partial charge in [-0.3, -0.25) is 10.1 Å². The van der Waals surface area contributed by atoms with Gasteiger partial charge in [0.05, 0.1) is 20.1 Å². The molecule has 0 aliphatic heterocycles. The molecule has 0 atom stereocenters. The number of nitro groups is 1. The topological polar surface area (TPSA) is 102 Å². The number of ether oxygens (including phenoxy) is 1. The number of aromatic nitrogens is 2. The highest BCUT2D eigenvalue weighted by molar-refractivity contribution is 14.1. The van der Waals surface area contributed by atoms with E-state index in [1.165, 1.54) is 6.07 Å². The largest absolute Gasteiger partial charge is 0.421 e. The Bertz CT molecular complexity index is 699. The minimum absolute atomic E-state index is 0.0493. The normalized spacial score (nSPS) is 9.95. The zero-order valence-corrected chi connectivity index (χ0v) is 13.4. The van der Waals surface area contributed by atoms with Crippen molar-refractivity contribution in [1.29, 1.82) is 5.26 Å². The molecule has 1 aromatic carbocycles. The molecule has 0 unspecified atom stereocenters. The first-order valence-electron chi connectivity index (χ1n) is 4.56. The maximum absolute atomic E-state index is 11.0. The van der Waals surface area contributed by atoms with Crippen LogP contribution in [0.4, 0.5) is 5.69 Å². The lowest BCUT2D eigenvalue weighted by molar-refractivity contribution is -0.385. The van der Waals surface area contributed by atoms with Crippen LogP contribution in [-0.2, 0) is 0 Å². The average Bonchev–Trinajstić information content (AvgIpc) is 2.76. The second kappa shape index (κ2) is 5.76. The maximum Gasteiger partial charge on any atom is 0.314 e.